The van der Waals surface area contributed by atoms with E-state index in [9.17, 15) is 14.4 Å². The normalized spacial score (nSPS) is 22.4. The Hall–Kier alpha value is -2.17. The summed E-state index contributed by atoms with van der Waals surface area (Å²) in [6, 6.07) is 5.79. The van der Waals surface area contributed by atoms with Crippen molar-refractivity contribution in [1.29, 1.82) is 0 Å². The second-order valence-electron chi connectivity index (χ2n) is 5.37. The number of carbonyl (C=O) groups is 3. The highest BCUT2D eigenvalue weighted by Crippen LogP contribution is 2.39. The fraction of sp³-hybridized carbons (Fsp3) is 0.400. The molecule has 1 fully saturated rings. The highest BCUT2D eigenvalue weighted by Gasteiger charge is 2.47. The summed E-state index contributed by atoms with van der Waals surface area (Å²) in [5.74, 6) is -1.46. The summed E-state index contributed by atoms with van der Waals surface area (Å²) in [4.78, 5) is 36.5. The minimum absolute atomic E-state index is 0.129. The van der Waals surface area contributed by atoms with E-state index in [1.807, 2.05) is 13.8 Å². The Bertz CT molecular complexity index is 564. The molecule has 0 spiro atoms. The van der Waals surface area contributed by atoms with Crippen LogP contribution >= 0.6 is 0 Å². The highest BCUT2D eigenvalue weighted by molar-refractivity contribution is 6.22. The molecule has 1 aromatic rings. The van der Waals surface area contributed by atoms with Gasteiger partial charge in [-0.15, -0.1) is 0 Å². The smallest absolute Gasteiger partial charge is 0.335 e. The van der Waals surface area contributed by atoms with Crippen LogP contribution in [0.15, 0.2) is 24.3 Å². The van der Waals surface area contributed by atoms with E-state index in [0.29, 0.717) is 12.1 Å². The van der Waals surface area contributed by atoms with Gasteiger partial charge in [0.25, 0.3) is 0 Å². The average molecular weight is 275 g/mol. The summed E-state index contributed by atoms with van der Waals surface area (Å²) < 4.78 is 0. The summed E-state index contributed by atoms with van der Waals surface area (Å²) in [6.07, 6.45) is 1.71. The molecule has 0 saturated carbocycles. The standard InChI is InChI=1S/C15H17NO4/c1-3-8-15(2)9-12(17)16(14(15)20)11-6-4-10(5-7-11)13(18)19/h4-7H,3,8-9H2,1-2H3,(H,18,19)/t15-/m0/s1. The zero-order chi connectivity index (χ0) is 14.9. The summed E-state index contributed by atoms with van der Waals surface area (Å²) in [7, 11) is 0. The van der Waals surface area contributed by atoms with E-state index in [-0.39, 0.29) is 23.8 Å². The van der Waals surface area contributed by atoms with E-state index in [1.54, 1.807) is 0 Å². The van der Waals surface area contributed by atoms with Gasteiger partial charge in [0.1, 0.15) is 0 Å². The molecule has 1 aliphatic rings. The van der Waals surface area contributed by atoms with Crippen LogP contribution in [0.5, 0.6) is 0 Å². The molecule has 0 aromatic heterocycles. The summed E-state index contributed by atoms with van der Waals surface area (Å²) in [5, 5.41) is 8.85. The van der Waals surface area contributed by atoms with Gasteiger partial charge in [0, 0.05) is 6.42 Å². The third-order valence-electron chi connectivity index (χ3n) is 3.68. The summed E-state index contributed by atoms with van der Waals surface area (Å²) >= 11 is 0. The zero-order valence-electron chi connectivity index (χ0n) is 11.5. The van der Waals surface area contributed by atoms with Crippen LogP contribution in [0.1, 0.15) is 43.5 Å². The molecule has 0 aliphatic carbocycles. The molecule has 106 valence electrons. The Morgan fingerprint density at radius 2 is 1.90 bits per heavy atom. The van der Waals surface area contributed by atoms with Gasteiger partial charge in [-0.1, -0.05) is 20.3 Å². The van der Waals surface area contributed by atoms with Crippen molar-refractivity contribution in [3.05, 3.63) is 29.8 Å². The van der Waals surface area contributed by atoms with Crippen LogP contribution in [0.25, 0.3) is 0 Å². The molecule has 20 heavy (non-hydrogen) atoms. The number of imide groups is 1. The van der Waals surface area contributed by atoms with Gasteiger partial charge < -0.3 is 5.11 Å². The summed E-state index contributed by atoms with van der Waals surface area (Å²) in [5.41, 5.74) is -0.0777. The molecule has 5 nitrogen and oxygen atoms in total. The van der Waals surface area contributed by atoms with Gasteiger partial charge in [-0.25, -0.2) is 4.79 Å². The van der Waals surface area contributed by atoms with Gasteiger partial charge in [-0.05, 0) is 30.7 Å². The van der Waals surface area contributed by atoms with Gasteiger partial charge in [0.05, 0.1) is 16.7 Å². The number of hydrogen-bond acceptors (Lipinski definition) is 3. The molecular weight excluding hydrogens is 258 g/mol. The van der Waals surface area contributed by atoms with Crippen molar-refractivity contribution >= 4 is 23.5 Å². The number of carbonyl (C=O) groups excluding carboxylic acids is 2. The lowest BCUT2D eigenvalue weighted by Gasteiger charge is -2.21. The van der Waals surface area contributed by atoms with Crippen LogP contribution in [-0.4, -0.2) is 22.9 Å². The minimum atomic E-state index is -1.04. The number of amides is 2. The SMILES string of the molecule is CCC[C@@]1(C)CC(=O)N(c2ccc(C(=O)O)cc2)C1=O. The van der Waals surface area contributed by atoms with E-state index >= 15 is 0 Å². The fourth-order valence-corrected chi connectivity index (χ4v) is 2.63. The maximum atomic E-state index is 12.4. The van der Waals surface area contributed by atoms with Crippen molar-refractivity contribution in [2.24, 2.45) is 5.41 Å². The molecular formula is C15H17NO4. The summed E-state index contributed by atoms with van der Waals surface area (Å²) in [6.45, 7) is 3.79. The van der Waals surface area contributed by atoms with Gasteiger partial charge in [0.2, 0.25) is 11.8 Å². The van der Waals surface area contributed by atoms with Crippen LogP contribution in [0, 0.1) is 5.41 Å². The lowest BCUT2D eigenvalue weighted by molar-refractivity contribution is -0.125. The monoisotopic (exact) mass is 275 g/mol. The minimum Gasteiger partial charge on any atom is -0.478 e. The van der Waals surface area contributed by atoms with Crippen molar-refractivity contribution in [3.63, 3.8) is 0 Å². The number of aromatic carboxylic acids is 1. The van der Waals surface area contributed by atoms with E-state index in [1.165, 1.54) is 29.2 Å². The predicted octanol–water partition coefficient (Wildman–Crippen LogP) is 2.45. The van der Waals surface area contributed by atoms with Crippen LogP contribution in [-0.2, 0) is 9.59 Å². The van der Waals surface area contributed by atoms with Gasteiger partial charge in [-0.3, -0.25) is 14.5 Å². The molecule has 1 aliphatic heterocycles. The average Bonchev–Trinajstić information content (AvgIpc) is 2.60. The Labute approximate surface area is 117 Å². The van der Waals surface area contributed by atoms with Gasteiger partial charge in [0.15, 0.2) is 0 Å². The highest BCUT2D eigenvalue weighted by atomic mass is 16.4. The topological polar surface area (TPSA) is 74.7 Å². The van der Waals surface area contributed by atoms with Gasteiger partial charge in [-0.2, -0.15) is 0 Å². The molecule has 1 atom stereocenters. The quantitative estimate of drug-likeness (QED) is 0.856. The first-order valence-electron chi connectivity index (χ1n) is 6.60. The van der Waals surface area contributed by atoms with E-state index in [2.05, 4.69) is 0 Å². The van der Waals surface area contributed by atoms with Crippen molar-refractivity contribution in [2.75, 3.05) is 4.90 Å². The second kappa shape index (κ2) is 5.07. The number of nitrogens with zero attached hydrogens (tertiary/aromatic N) is 1. The van der Waals surface area contributed by atoms with Crippen LogP contribution in [0.4, 0.5) is 5.69 Å². The molecule has 1 saturated heterocycles. The van der Waals surface area contributed by atoms with Crippen LogP contribution in [0.2, 0.25) is 0 Å². The van der Waals surface area contributed by atoms with E-state index < -0.39 is 11.4 Å². The third-order valence-corrected chi connectivity index (χ3v) is 3.68. The number of carboxylic acids is 1. The maximum Gasteiger partial charge on any atom is 0.335 e. The van der Waals surface area contributed by atoms with Crippen molar-refractivity contribution < 1.29 is 19.5 Å². The van der Waals surface area contributed by atoms with Crippen molar-refractivity contribution in [2.45, 2.75) is 33.1 Å². The van der Waals surface area contributed by atoms with Crippen LogP contribution < -0.4 is 4.90 Å². The molecule has 5 heteroatoms. The first-order valence-corrected chi connectivity index (χ1v) is 6.60. The molecule has 0 unspecified atom stereocenters. The van der Waals surface area contributed by atoms with E-state index in [0.717, 1.165) is 6.42 Å². The Kier molecular flexibility index (Phi) is 3.61. The van der Waals surface area contributed by atoms with Crippen molar-refractivity contribution in [1.82, 2.24) is 0 Å². The lowest BCUT2D eigenvalue weighted by Crippen LogP contribution is -2.34. The first kappa shape index (κ1) is 14.2. The predicted molar refractivity (Wildman–Crippen MR) is 73.5 cm³/mol. The molecule has 1 heterocycles. The number of benzene rings is 1. The molecule has 2 amide bonds. The van der Waals surface area contributed by atoms with Gasteiger partial charge >= 0.3 is 5.97 Å². The van der Waals surface area contributed by atoms with Crippen LogP contribution in [0.3, 0.4) is 0 Å². The molecule has 0 radical (unpaired) electrons. The number of rotatable bonds is 4. The zero-order valence-corrected chi connectivity index (χ0v) is 11.5. The molecule has 1 N–H and O–H groups in total. The Morgan fingerprint density at radius 1 is 1.30 bits per heavy atom. The number of anilines is 1. The number of hydrogen-bond donors (Lipinski definition) is 1. The Balaban J connectivity index is 2.31. The molecule has 1 aromatic carbocycles. The number of carboxylic acid groups (broad SMARTS) is 1. The fourth-order valence-electron chi connectivity index (χ4n) is 2.63. The Morgan fingerprint density at radius 3 is 2.40 bits per heavy atom. The van der Waals surface area contributed by atoms with E-state index in [4.69, 9.17) is 5.11 Å². The second-order valence-corrected chi connectivity index (χ2v) is 5.37. The third kappa shape index (κ3) is 2.31. The largest absolute Gasteiger partial charge is 0.478 e. The lowest BCUT2D eigenvalue weighted by atomic mass is 9.84. The van der Waals surface area contributed by atoms with Crippen molar-refractivity contribution in [3.8, 4) is 0 Å². The maximum absolute atomic E-state index is 12.4. The molecule has 2 rings (SSSR count). The molecule has 0 bridgehead atoms. The first-order chi connectivity index (χ1) is 9.39.